The lowest BCUT2D eigenvalue weighted by Gasteiger charge is -1.98. The molecule has 0 aliphatic heterocycles. The Labute approximate surface area is 120 Å². The largest absolute Gasteiger partial charge is 0.465 e. The average molecular weight is 287 g/mol. The van der Waals surface area contributed by atoms with Crippen molar-refractivity contribution in [3.63, 3.8) is 0 Å². The van der Waals surface area contributed by atoms with Crippen molar-refractivity contribution >= 4 is 23.2 Å². The van der Waals surface area contributed by atoms with Gasteiger partial charge in [0.2, 0.25) is 0 Å². The van der Waals surface area contributed by atoms with Gasteiger partial charge >= 0.3 is 5.97 Å². The molecule has 0 saturated carbocycles. The van der Waals surface area contributed by atoms with Gasteiger partial charge < -0.3 is 9.14 Å². The molecule has 0 N–H and O–H groups in total. The highest BCUT2D eigenvalue weighted by Crippen LogP contribution is 2.27. The molecule has 0 aliphatic carbocycles. The predicted octanol–water partition coefficient (Wildman–Crippen LogP) is 3.44. The molecule has 0 spiro atoms. The number of esters is 1. The molecule has 2 aromatic heterocycles. The molecule has 20 heavy (non-hydrogen) atoms. The van der Waals surface area contributed by atoms with Crippen LogP contribution >= 0.6 is 11.6 Å². The zero-order valence-corrected chi connectivity index (χ0v) is 11.5. The Kier molecular flexibility index (Phi) is 3.16. The van der Waals surface area contributed by atoms with Gasteiger partial charge in [0.1, 0.15) is 5.65 Å². The first-order valence-electron chi connectivity index (χ1n) is 6.01. The van der Waals surface area contributed by atoms with Crippen molar-refractivity contribution in [2.75, 3.05) is 7.11 Å². The molecule has 0 atom stereocenters. The number of halogens is 1. The third kappa shape index (κ3) is 2.14. The van der Waals surface area contributed by atoms with Crippen LogP contribution in [0.2, 0.25) is 5.02 Å². The maximum atomic E-state index is 11.5. The van der Waals surface area contributed by atoms with E-state index in [4.69, 9.17) is 16.3 Å². The van der Waals surface area contributed by atoms with Crippen LogP contribution in [0.1, 0.15) is 10.4 Å². The van der Waals surface area contributed by atoms with E-state index in [2.05, 4.69) is 4.98 Å². The van der Waals surface area contributed by atoms with Crippen LogP contribution < -0.4 is 0 Å². The van der Waals surface area contributed by atoms with Crippen LogP contribution in [-0.2, 0) is 4.74 Å². The number of fused-ring (bicyclic) bond motifs is 1. The number of ether oxygens (including phenoxy) is 1. The first kappa shape index (κ1) is 12.7. The summed E-state index contributed by atoms with van der Waals surface area (Å²) in [5, 5.41) is 0.643. The van der Waals surface area contributed by atoms with Crippen LogP contribution in [0.3, 0.4) is 0 Å². The fraction of sp³-hybridized carbons (Fsp3) is 0.0667. The standard InChI is InChI=1S/C15H11ClN2O2/c1-20-15(19)10-6-7-18-9-13(17-14(18)8-10)11-4-2-3-5-12(11)16/h2-9H,1H3. The summed E-state index contributed by atoms with van der Waals surface area (Å²) in [5.74, 6) is -0.380. The van der Waals surface area contributed by atoms with Gasteiger partial charge in [-0.1, -0.05) is 29.8 Å². The second kappa shape index (κ2) is 4.98. The van der Waals surface area contributed by atoms with Crippen molar-refractivity contribution < 1.29 is 9.53 Å². The number of benzene rings is 1. The molecule has 0 fully saturated rings. The molecule has 0 bridgehead atoms. The molecular weight excluding hydrogens is 276 g/mol. The summed E-state index contributed by atoms with van der Waals surface area (Å²) in [6.07, 6.45) is 3.65. The first-order valence-corrected chi connectivity index (χ1v) is 6.39. The van der Waals surface area contributed by atoms with Gasteiger partial charge in [-0.2, -0.15) is 0 Å². The molecular formula is C15H11ClN2O2. The number of nitrogens with zero attached hydrogens (tertiary/aromatic N) is 2. The fourth-order valence-electron chi connectivity index (χ4n) is 2.03. The minimum atomic E-state index is -0.380. The van der Waals surface area contributed by atoms with Gasteiger partial charge in [-0.05, 0) is 18.2 Å². The minimum absolute atomic E-state index is 0.380. The predicted molar refractivity (Wildman–Crippen MR) is 77.0 cm³/mol. The van der Waals surface area contributed by atoms with Crippen LogP contribution in [0.15, 0.2) is 48.8 Å². The Bertz CT molecular complexity index is 795. The smallest absolute Gasteiger partial charge is 0.338 e. The summed E-state index contributed by atoms with van der Waals surface area (Å²) >= 11 is 6.17. The van der Waals surface area contributed by atoms with Gasteiger partial charge in [0, 0.05) is 18.0 Å². The first-order chi connectivity index (χ1) is 9.69. The topological polar surface area (TPSA) is 43.6 Å². The number of imidazole rings is 1. The highest BCUT2D eigenvalue weighted by Gasteiger charge is 2.10. The monoisotopic (exact) mass is 286 g/mol. The van der Waals surface area contributed by atoms with E-state index >= 15 is 0 Å². The zero-order valence-electron chi connectivity index (χ0n) is 10.7. The normalized spacial score (nSPS) is 10.7. The van der Waals surface area contributed by atoms with Crippen LogP contribution in [-0.4, -0.2) is 22.5 Å². The molecule has 2 heterocycles. The summed E-state index contributed by atoms with van der Waals surface area (Å²) in [7, 11) is 1.35. The Morgan fingerprint density at radius 3 is 2.85 bits per heavy atom. The molecule has 0 amide bonds. The molecule has 0 saturated heterocycles. The molecule has 3 aromatic rings. The van der Waals surface area contributed by atoms with Crippen molar-refractivity contribution in [1.82, 2.24) is 9.38 Å². The quantitative estimate of drug-likeness (QED) is 0.678. The highest BCUT2D eigenvalue weighted by molar-refractivity contribution is 6.33. The van der Waals surface area contributed by atoms with E-state index < -0.39 is 0 Å². The van der Waals surface area contributed by atoms with Gasteiger partial charge in [-0.25, -0.2) is 9.78 Å². The molecule has 1 aromatic carbocycles. The molecule has 0 unspecified atom stereocenters. The third-order valence-corrected chi connectivity index (χ3v) is 3.36. The molecule has 4 nitrogen and oxygen atoms in total. The summed E-state index contributed by atoms with van der Waals surface area (Å²) in [4.78, 5) is 16.0. The van der Waals surface area contributed by atoms with E-state index in [1.165, 1.54) is 7.11 Å². The molecule has 3 rings (SSSR count). The van der Waals surface area contributed by atoms with Gasteiger partial charge in [0.05, 0.1) is 23.4 Å². The number of carbonyl (C=O) groups is 1. The van der Waals surface area contributed by atoms with Crippen LogP contribution in [0, 0.1) is 0 Å². The number of hydrogen-bond donors (Lipinski definition) is 0. The summed E-state index contributed by atoms with van der Waals surface area (Å²) in [5.41, 5.74) is 2.76. The molecule has 5 heteroatoms. The Morgan fingerprint density at radius 2 is 2.10 bits per heavy atom. The van der Waals surface area contributed by atoms with E-state index in [1.54, 1.807) is 18.3 Å². The lowest BCUT2D eigenvalue weighted by atomic mass is 10.2. The van der Waals surface area contributed by atoms with E-state index in [-0.39, 0.29) is 5.97 Å². The molecule has 100 valence electrons. The van der Waals surface area contributed by atoms with E-state index in [0.717, 1.165) is 11.3 Å². The average Bonchev–Trinajstić information content (AvgIpc) is 2.89. The second-order valence-corrected chi connectivity index (χ2v) is 4.69. The van der Waals surface area contributed by atoms with Crippen molar-refractivity contribution in [2.45, 2.75) is 0 Å². The summed E-state index contributed by atoms with van der Waals surface area (Å²) < 4.78 is 6.54. The lowest BCUT2D eigenvalue weighted by Crippen LogP contribution is -2.01. The Balaban J connectivity index is 2.12. The van der Waals surface area contributed by atoms with E-state index in [0.29, 0.717) is 16.2 Å². The van der Waals surface area contributed by atoms with Crippen molar-refractivity contribution in [3.8, 4) is 11.3 Å². The van der Waals surface area contributed by atoms with Gasteiger partial charge in [-0.3, -0.25) is 0 Å². The Hall–Kier alpha value is -2.33. The Morgan fingerprint density at radius 1 is 1.30 bits per heavy atom. The lowest BCUT2D eigenvalue weighted by molar-refractivity contribution is 0.0600. The van der Waals surface area contributed by atoms with Crippen molar-refractivity contribution in [2.24, 2.45) is 0 Å². The number of carbonyl (C=O) groups excluding carboxylic acids is 1. The van der Waals surface area contributed by atoms with Gasteiger partial charge in [0.25, 0.3) is 0 Å². The van der Waals surface area contributed by atoms with Crippen LogP contribution in [0.5, 0.6) is 0 Å². The molecule has 0 radical (unpaired) electrons. The van der Waals surface area contributed by atoms with Crippen molar-refractivity contribution in [1.29, 1.82) is 0 Å². The van der Waals surface area contributed by atoms with Crippen LogP contribution in [0.25, 0.3) is 16.9 Å². The number of aromatic nitrogens is 2. The number of pyridine rings is 1. The SMILES string of the molecule is COC(=O)c1ccn2cc(-c3ccccc3Cl)nc2c1. The summed E-state index contributed by atoms with van der Waals surface area (Å²) in [6, 6.07) is 10.9. The van der Waals surface area contributed by atoms with Gasteiger partial charge in [0.15, 0.2) is 0 Å². The highest BCUT2D eigenvalue weighted by atomic mass is 35.5. The minimum Gasteiger partial charge on any atom is -0.465 e. The third-order valence-electron chi connectivity index (χ3n) is 3.03. The molecule has 0 aliphatic rings. The summed E-state index contributed by atoms with van der Waals surface area (Å²) in [6.45, 7) is 0. The van der Waals surface area contributed by atoms with Crippen molar-refractivity contribution in [3.05, 3.63) is 59.4 Å². The fourth-order valence-corrected chi connectivity index (χ4v) is 2.26. The number of rotatable bonds is 2. The van der Waals surface area contributed by atoms with E-state index in [1.807, 2.05) is 34.9 Å². The maximum Gasteiger partial charge on any atom is 0.338 e. The maximum absolute atomic E-state index is 11.5. The van der Waals surface area contributed by atoms with Gasteiger partial charge in [-0.15, -0.1) is 0 Å². The number of methoxy groups -OCH3 is 1. The van der Waals surface area contributed by atoms with E-state index in [9.17, 15) is 4.79 Å². The number of hydrogen-bond acceptors (Lipinski definition) is 3. The van der Waals surface area contributed by atoms with Crippen LogP contribution in [0.4, 0.5) is 0 Å². The zero-order chi connectivity index (χ0) is 14.1. The second-order valence-electron chi connectivity index (χ2n) is 4.28.